The van der Waals surface area contributed by atoms with E-state index in [4.69, 9.17) is 5.73 Å². The summed E-state index contributed by atoms with van der Waals surface area (Å²) in [5, 5.41) is 11.3. The van der Waals surface area contributed by atoms with Crippen molar-refractivity contribution in [2.45, 2.75) is 17.0 Å². The molecular formula is C7H8N4S3. The molecule has 0 radical (unpaired) electrons. The van der Waals surface area contributed by atoms with Crippen molar-refractivity contribution < 1.29 is 0 Å². The van der Waals surface area contributed by atoms with Crippen LogP contribution in [0.25, 0.3) is 0 Å². The van der Waals surface area contributed by atoms with E-state index in [0.29, 0.717) is 5.13 Å². The van der Waals surface area contributed by atoms with Gasteiger partial charge in [0, 0.05) is 11.1 Å². The monoisotopic (exact) mass is 244 g/mol. The summed E-state index contributed by atoms with van der Waals surface area (Å²) in [6.07, 6.45) is 0. The molecule has 0 aliphatic heterocycles. The number of thioether (sulfide) groups is 1. The predicted molar refractivity (Wildman–Crippen MR) is 60.7 cm³/mol. The topological polar surface area (TPSA) is 64.7 Å². The highest BCUT2D eigenvalue weighted by atomic mass is 32.2. The molecule has 14 heavy (non-hydrogen) atoms. The summed E-state index contributed by atoms with van der Waals surface area (Å²) in [7, 11) is 0. The molecule has 74 valence electrons. The summed E-state index contributed by atoms with van der Waals surface area (Å²) in [5.74, 6) is 0.832. The van der Waals surface area contributed by atoms with Crippen molar-refractivity contribution in [3.05, 3.63) is 16.1 Å². The Morgan fingerprint density at radius 3 is 2.93 bits per heavy atom. The van der Waals surface area contributed by atoms with E-state index in [1.807, 2.05) is 6.92 Å². The van der Waals surface area contributed by atoms with E-state index < -0.39 is 0 Å². The van der Waals surface area contributed by atoms with Crippen LogP contribution in [0.3, 0.4) is 0 Å². The summed E-state index contributed by atoms with van der Waals surface area (Å²) in [5.41, 5.74) is 6.56. The van der Waals surface area contributed by atoms with Crippen LogP contribution in [-0.4, -0.2) is 15.2 Å². The van der Waals surface area contributed by atoms with Crippen molar-refractivity contribution in [3.63, 3.8) is 0 Å². The van der Waals surface area contributed by atoms with E-state index in [9.17, 15) is 0 Å². The number of aryl methyl sites for hydroxylation is 1. The number of nitrogens with two attached hydrogens (primary N) is 1. The molecule has 0 aromatic carbocycles. The number of thiazole rings is 1. The molecule has 0 saturated carbocycles. The average Bonchev–Trinajstić information content (AvgIpc) is 2.72. The van der Waals surface area contributed by atoms with Crippen LogP contribution in [0.2, 0.25) is 0 Å². The fourth-order valence-electron chi connectivity index (χ4n) is 0.889. The van der Waals surface area contributed by atoms with E-state index in [1.54, 1.807) is 23.1 Å². The lowest BCUT2D eigenvalue weighted by Gasteiger charge is -1.90. The van der Waals surface area contributed by atoms with E-state index >= 15 is 0 Å². The minimum absolute atomic E-state index is 0.516. The van der Waals surface area contributed by atoms with Crippen molar-refractivity contribution in [2.75, 3.05) is 5.73 Å². The number of aromatic nitrogens is 3. The SMILES string of the molecule is Cc1nc(CSc2nnc(N)s2)cs1. The van der Waals surface area contributed by atoms with Crippen molar-refractivity contribution in [2.24, 2.45) is 0 Å². The number of nitrogen functional groups attached to an aromatic ring is 1. The first-order valence-corrected chi connectivity index (χ1v) is 6.55. The zero-order valence-corrected chi connectivity index (χ0v) is 9.88. The van der Waals surface area contributed by atoms with Gasteiger partial charge in [-0.2, -0.15) is 0 Å². The van der Waals surface area contributed by atoms with Crippen molar-refractivity contribution in [1.29, 1.82) is 0 Å². The second-order valence-electron chi connectivity index (χ2n) is 2.55. The van der Waals surface area contributed by atoms with Crippen LogP contribution in [-0.2, 0) is 5.75 Å². The van der Waals surface area contributed by atoms with E-state index in [2.05, 4.69) is 20.6 Å². The first-order chi connectivity index (χ1) is 6.74. The molecule has 2 heterocycles. The maximum absolute atomic E-state index is 5.47. The van der Waals surface area contributed by atoms with Crippen LogP contribution >= 0.6 is 34.4 Å². The van der Waals surface area contributed by atoms with Crippen molar-refractivity contribution in [3.8, 4) is 0 Å². The minimum Gasteiger partial charge on any atom is -0.374 e. The maximum Gasteiger partial charge on any atom is 0.203 e. The minimum atomic E-state index is 0.516. The Bertz CT molecular complexity index is 382. The molecule has 0 unspecified atom stereocenters. The van der Waals surface area contributed by atoms with Gasteiger partial charge in [0.15, 0.2) is 4.34 Å². The molecule has 0 aliphatic rings. The zero-order chi connectivity index (χ0) is 9.97. The molecule has 7 heteroatoms. The number of anilines is 1. The molecular weight excluding hydrogens is 236 g/mol. The van der Waals surface area contributed by atoms with Crippen LogP contribution in [0.4, 0.5) is 5.13 Å². The normalized spacial score (nSPS) is 10.6. The molecule has 2 aromatic heterocycles. The number of hydrogen-bond donors (Lipinski definition) is 1. The Kier molecular flexibility index (Phi) is 2.99. The van der Waals surface area contributed by atoms with Gasteiger partial charge in [0.1, 0.15) is 0 Å². The lowest BCUT2D eigenvalue weighted by atomic mass is 10.6. The third kappa shape index (κ3) is 2.43. The molecule has 2 rings (SSSR count). The number of hydrogen-bond acceptors (Lipinski definition) is 7. The van der Waals surface area contributed by atoms with Gasteiger partial charge in [0.05, 0.1) is 10.7 Å². The predicted octanol–water partition coefficient (Wildman–Crippen LogP) is 2.18. The third-order valence-electron chi connectivity index (χ3n) is 1.43. The smallest absolute Gasteiger partial charge is 0.203 e. The van der Waals surface area contributed by atoms with Crippen molar-refractivity contribution >= 4 is 39.6 Å². The molecule has 2 N–H and O–H groups in total. The fourth-order valence-corrected chi connectivity index (χ4v) is 3.14. The quantitative estimate of drug-likeness (QED) is 0.838. The largest absolute Gasteiger partial charge is 0.374 e. The Morgan fingerprint density at radius 1 is 1.50 bits per heavy atom. The number of rotatable bonds is 3. The molecule has 0 bridgehead atoms. The Balaban J connectivity index is 1.94. The number of nitrogens with zero attached hydrogens (tertiary/aromatic N) is 3. The molecule has 0 spiro atoms. The Morgan fingerprint density at radius 2 is 2.36 bits per heavy atom. The zero-order valence-electron chi connectivity index (χ0n) is 7.43. The standard InChI is InChI=1S/C7H8N4S3/c1-4-9-5(2-12-4)3-13-7-11-10-6(8)14-7/h2H,3H2,1H3,(H2,8,10). The van der Waals surface area contributed by atoms with Gasteiger partial charge in [-0.3, -0.25) is 0 Å². The highest BCUT2D eigenvalue weighted by molar-refractivity contribution is 8.00. The highest BCUT2D eigenvalue weighted by Gasteiger charge is 2.04. The molecule has 0 fully saturated rings. The Labute approximate surface area is 93.6 Å². The first-order valence-electron chi connectivity index (χ1n) is 3.87. The van der Waals surface area contributed by atoms with Crippen molar-refractivity contribution in [1.82, 2.24) is 15.2 Å². The molecule has 4 nitrogen and oxygen atoms in total. The second kappa shape index (κ2) is 4.24. The van der Waals surface area contributed by atoms with E-state index in [-0.39, 0.29) is 0 Å². The summed E-state index contributed by atoms with van der Waals surface area (Å²) >= 11 is 4.69. The van der Waals surface area contributed by atoms with Gasteiger partial charge < -0.3 is 5.73 Å². The molecule has 0 saturated heterocycles. The molecule has 0 aliphatic carbocycles. The van der Waals surface area contributed by atoms with E-state index in [0.717, 1.165) is 20.8 Å². The second-order valence-corrected chi connectivity index (χ2v) is 5.85. The van der Waals surface area contributed by atoms with Gasteiger partial charge >= 0.3 is 0 Å². The summed E-state index contributed by atoms with van der Waals surface area (Å²) in [6, 6.07) is 0. The third-order valence-corrected chi connectivity index (χ3v) is 4.17. The van der Waals surface area contributed by atoms with Gasteiger partial charge in [-0.15, -0.1) is 21.5 Å². The van der Waals surface area contributed by atoms with Crippen LogP contribution in [0.5, 0.6) is 0 Å². The first kappa shape index (κ1) is 9.88. The molecule has 0 atom stereocenters. The van der Waals surface area contributed by atoms with Crippen LogP contribution in [0.15, 0.2) is 9.72 Å². The van der Waals surface area contributed by atoms with Gasteiger partial charge in [-0.1, -0.05) is 23.1 Å². The van der Waals surface area contributed by atoms with Gasteiger partial charge in [0.25, 0.3) is 0 Å². The van der Waals surface area contributed by atoms with Gasteiger partial charge in [0.2, 0.25) is 5.13 Å². The van der Waals surface area contributed by atoms with Crippen LogP contribution in [0.1, 0.15) is 10.7 Å². The van der Waals surface area contributed by atoms with Crippen LogP contribution in [0, 0.1) is 6.92 Å². The lowest BCUT2D eigenvalue weighted by molar-refractivity contribution is 1.02. The molecule has 2 aromatic rings. The van der Waals surface area contributed by atoms with Gasteiger partial charge in [-0.05, 0) is 6.92 Å². The highest BCUT2D eigenvalue weighted by Crippen LogP contribution is 2.26. The fraction of sp³-hybridized carbons (Fsp3) is 0.286. The average molecular weight is 244 g/mol. The summed E-state index contributed by atoms with van der Waals surface area (Å²) < 4.78 is 0.896. The lowest BCUT2D eigenvalue weighted by Crippen LogP contribution is -1.81. The van der Waals surface area contributed by atoms with Crippen LogP contribution < -0.4 is 5.73 Å². The Hall–Kier alpha value is -0.660. The van der Waals surface area contributed by atoms with E-state index in [1.165, 1.54) is 11.3 Å². The van der Waals surface area contributed by atoms with Gasteiger partial charge in [-0.25, -0.2) is 4.98 Å². The summed E-state index contributed by atoms with van der Waals surface area (Å²) in [6.45, 7) is 2.00. The maximum atomic E-state index is 5.47. The summed E-state index contributed by atoms with van der Waals surface area (Å²) in [4.78, 5) is 4.36. The molecule has 0 amide bonds.